The Balaban J connectivity index is 1.37. The van der Waals surface area contributed by atoms with Gasteiger partial charge in [0.15, 0.2) is 0 Å². The Morgan fingerprint density at radius 3 is 2.76 bits per heavy atom. The second-order valence-corrected chi connectivity index (χ2v) is 11.2. The van der Waals surface area contributed by atoms with Crippen LogP contribution in [0.25, 0.3) is 10.4 Å². The highest BCUT2D eigenvalue weighted by Gasteiger charge is 2.41. The molecule has 0 bridgehead atoms. The summed E-state index contributed by atoms with van der Waals surface area (Å²) in [5, 5.41) is 7.49. The standard InChI is InChI=1S/C21H23FN6O3S2/c1-27-11-13(9-24-27)19-10-23-21(32-19)17-8-18(28(2)33(30,31)26-17)20(29)25-14-5-6-16(22)15(7-14)12-3-4-12/h5-7,9-12,17-18,26H,3-4,8H2,1-2H3,(H,25,29)/t17-,18+/m1/s1. The fraction of sp³-hybridized carbons (Fsp3) is 0.381. The summed E-state index contributed by atoms with van der Waals surface area (Å²) in [4.78, 5) is 18.3. The number of amides is 1. The minimum atomic E-state index is -3.90. The van der Waals surface area contributed by atoms with Gasteiger partial charge in [0.1, 0.15) is 16.9 Å². The first-order valence-corrected chi connectivity index (χ1v) is 12.8. The van der Waals surface area contributed by atoms with Crippen molar-refractivity contribution in [3.63, 3.8) is 0 Å². The van der Waals surface area contributed by atoms with Crippen LogP contribution in [0.5, 0.6) is 0 Å². The summed E-state index contributed by atoms with van der Waals surface area (Å²) in [6.07, 6.45) is 7.31. The van der Waals surface area contributed by atoms with Gasteiger partial charge in [-0.05, 0) is 48.9 Å². The van der Waals surface area contributed by atoms with E-state index in [1.54, 1.807) is 23.1 Å². The SMILES string of the molecule is CN1[C@H](C(=O)Nc2ccc(F)c(C3CC3)c2)C[C@H](c2ncc(-c3cnn(C)c3)s2)NS1(=O)=O. The van der Waals surface area contributed by atoms with Crippen molar-refractivity contribution in [2.75, 3.05) is 12.4 Å². The van der Waals surface area contributed by atoms with Crippen LogP contribution in [0.3, 0.4) is 0 Å². The molecule has 2 N–H and O–H groups in total. The van der Waals surface area contributed by atoms with Crippen LogP contribution in [-0.4, -0.2) is 46.5 Å². The molecule has 0 radical (unpaired) electrons. The molecule has 2 fully saturated rings. The number of carbonyl (C=O) groups is 1. The molecule has 33 heavy (non-hydrogen) atoms. The summed E-state index contributed by atoms with van der Waals surface area (Å²) in [6.45, 7) is 0. The lowest BCUT2D eigenvalue weighted by Gasteiger charge is -2.35. The van der Waals surface area contributed by atoms with Crippen molar-refractivity contribution in [2.45, 2.75) is 37.3 Å². The minimum absolute atomic E-state index is 0.187. The van der Waals surface area contributed by atoms with Gasteiger partial charge < -0.3 is 5.32 Å². The van der Waals surface area contributed by atoms with Gasteiger partial charge >= 0.3 is 0 Å². The lowest BCUT2D eigenvalue weighted by Crippen LogP contribution is -2.55. The maximum absolute atomic E-state index is 14.1. The number of hydrogen-bond donors (Lipinski definition) is 2. The normalized spacial score (nSPS) is 22.9. The molecule has 12 heteroatoms. The van der Waals surface area contributed by atoms with E-state index in [4.69, 9.17) is 0 Å². The van der Waals surface area contributed by atoms with Crippen LogP contribution in [0.15, 0.2) is 36.8 Å². The van der Waals surface area contributed by atoms with E-state index in [-0.39, 0.29) is 18.2 Å². The van der Waals surface area contributed by atoms with E-state index in [1.807, 2.05) is 13.2 Å². The highest BCUT2D eigenvalue weighted by atomic mass is 32.2. The van der Waals surface area contributed by atoms with Gasteiger partial charge in [-0.25, -0.2) is 9.37 Å². The molecule has 0 unspecified atom stereocenters. The Kier molecular flexibility index (Phi) is 5.55. The van der Waals surface area contributed by atoms with E-state index in [1.165, 1.54) is 30.5 Å². The van der Waals surface area contributed by atoms with E-state index in [2.05, 4.69) is 20.1 Å². The first kappa shape index (κ1) is 22.1. The van der Waals surface area contributed by atoms with Crippen LogP contribution in [0.2, 0.25) is 0 Å². The molecule has 1 amide bonds. The third kappa shape index (κ3) is 4.43. The molecular formula is C21H23FN6O3S2. The number of nitrogens with one attached hydrogen (secondary N) is 2. The van der Waals surface area contributed by atoms with Crippen molar-refractivity contribution >= 4 is 33.1 Å². The number of thiazole rings is 1. The highest BCUT2D eigenvalue weighted by molar-refractivity contribution is 7.87. The number of hydrogen-bond acceptors (Lipinski definition) is 6. The zero-order valence-electron chi connectivity index (χ0n) is 18.0. The largest absolute Gasteiger partial charge is 0.325 e. The van der Waals surface area contributed by atoms with Crippen molar-refractivity contribution in [1.29, 1.82) is 0 Å². The molecule has 5 rings (SSSR count). The fourth-order valence-electron chi connectivity index (χ4n) is 3.96. The number of nitrogens with zero attached hydrogens (tertiary/aromatic N) is 4. The topological polar surface area (TPSA) is 109 Å². The molecule has 174 valence electrons. The van der Waals surface area contributed by atoms with E-state index in [0.29, 0.717) is 16.3 Å². The Bertz CT molecular complexity index is 1320. The smallest absolute Gasteiger partial charge is 0.280 e. The van der Waals surface area contributed by atoms with Crippen LogP contribution in [0, 0.1) is 5.82 Å². The number of benzene rings is 1. The third-order valence-electron chi connectivity index (χ3n) is 5.96. The summed E-state index contributed by atoms with van der Waals surface area (Å²) in [7, 11) is -0.721. The third-order valence-corrected chi connectivity index (χ3v) is 8.72. The van der Waals surface area contributed by atoms with Gasteiger partial charge in [0.25, 0.3) is 10.2 Å². The van der Waals surface area contributed by atoms with Crippen LogP contribution < -0.4 is 10.0 Å². The van der Waals surface area contributed by atoms with Crippen molar-refractivity contribution in [1.82, 2.24) is 23.8 Å². The maximum Gasteiger partial charge on any atom is 0.280 e. The van der Waals surface area contributed by atoms with Crippen LogP contribution >= 0.6 is 11.3 Å². The molecule has 3 heterocycles. The number of rotatable bonds is 5. The molecule has 2 atom stereocenters. The van der Waals surface area contributed by atoms with Crippen molar-refractivity contribution in [3.05, 3.63) is 53.2 Å². The van der Waals surface area contributed by atoms with Crippen LogP contribution in [0.1, 0.15) is 41.8 Å². The van der Waals surface area contributed by atoms with Gasteiger partial charge in [-0.3, -0.25) is 9.48 Å². The minimum Gasteiger partial charge on any atom is -0.325 e. The average Bonchev–Trinajstić information content (AvgIpc) is 3.32. The van der Waals surface area contributed by atoms with Crippen LogP contribution in [-0.2, 0) is 22.1 Å². The monoisotopic (exact) mass is 490 g/mol. The number of carbonyl (C=O) groups excluding carboxylic acids is 1. The zero-order chi connectivity index (χ0) is 23.3. The molecule has 2 aromatic heterocycles. The Labute approximate surface area is 194 Å². The molecule has 2 aliphatic rings. The summed E-state index contributed by atoms with van der Waals surface area (Å²) < 4.78 is 44.9. The fourth-order valence-corrected chi connectivity index (χ4v) is 6.24. The first-order valence-electron chi connectivity index (χ1n) is 10.5. The van der Waals surface area contributed by atoms with Gasteiger partial charge in [-0.15, -0.1) is 11.3 Å². The molecule has 1 aliphatic heterocycles. The van der Waals surface area contributed by atoms with Gasteiger partial charge in [0.2, 0.25) is 5.91 Å². The molecule has 1 aromatic carbocycles. The van der Waals surface area contributed by atoms with Crippen molar-refractivity contribution in [3.8, 4) is 10.4 Å². The lowest BCUT2D eigenvalue weighted by molar-refractivity contribution is -0.120. The summed E-state index contributed by atoms with van der Waals surface area (Å²) in [6, 6.07) is 2.88. The van der Waals surface area contributed by atoms with E-state index >= 15 is 0 Å². The second kappa shape index (κ2) is 8.28. The predicted octanol–water partition coefficient (Wildman–Crippen LogP) is 2.78. The van der Waals surface area contributed by atoms with Gasteiger partial charge in [0, 0.05) is 37.7 Å². The second-order valence-electron chi connectivity index (χ2n) is 8.41. The van der Waals surface area contributed by atoms with E-state index in [0.717, 1.165) is 27.6 Å². The molecular weight excluding hydrogens is 467 g/mol. The molecule has 1 aliphatic carbocycles. The van der Waals surface area contributed by atoms with E-state index in [9.17, 15) is 17.6 Å². The molecule has 9 nitrogen and oxygen atoms in total. The maximum atomic E-state index is 14.1. The van der Waals surface area contributed by atoms with Gasteiger partial charge in [-0.2, -0.15) is 22.5 Å². The Morgan fingerprint density at radius 2 is 2.06 bits per heavy atom. The molecule has 1 saturated heterocycles. The van der Waals surface area contributed by atoms with E-state index < -0.39 is 28.2 Å². The van der Waals surface area contributed by atoms with Gasteiger partial charge in [-0.1, -0.05) is 0 Å². The molecule has 3 aromatic rings. The Morgan fingerprint density at radius 1 is 1.27 bits per heavy atom. The number of aromatic nitrogens is 3. The lowest BCUT2D eigenvalue weighted by atomic mass is 10.1. The van der Waals surface area contributed by atoms with Crippen molar-refractivity contribution in [2.24, 2.45) is 7.05 Å². The molecule has 1 saturated carbocycles. The number of anilines is 1. The van der Waals surface area contributed by atoms with Crippen molar-refractivity contribution < 1.29 is 17.6 Å². The number of aryl methyl sites for hydroxylation is 1. The quantitative estimate of drug-likeness (QED) is 0.572. The Hall–Kier alpha value is -2.67. The molecule has 0 spiro atoms. The highest BCUT2D eigenvalue weighted by Crippen LogP contribution is 2.42. The summed E-state index contributed by atoms with van der Waals surface area (Å²) >= 11 is 1.36. The van der Waals surface area contributed by atoms with Gasteiger partial charge in [0.05, 0.1) is 17.1 Å². The zero-order valence-corrected chi connectivity index (χ0v) is 19.7. The first-order chi connectivity index (χ1) is 15.7. The average molecular weight is 491 g/mol. The predicted molar refractivity (Wildman–Crippen MR) is 122 cm³/mol. The summed E-state index contributed by atoms with van der Waals surface area (Å²) in [5.41, 5.74) is 1.93. The number of likely N-dealkylation sites (N-methyl/N-ethyl adjacent to an activating group) is 1. The van der Waals surface area contributed by atoms with Crippen LogP contribution in [0.4, 0.5) is 10.1 Å². The number of halogens is 1. The summed E-state index contributed by atoms with van der Waals surface area (Å²) in [5.74, 6) is -0.567.